The number of ketones is 1. The molecule has 2 fully saturated rings. The average molecular weight is 725 g/mol. The number of hydrogen-bond acceptors (Lipinski definition) is 8. The third kappa shape index (κ3) is 10.2. The summed E-state index contributed by atoms with van der Waals surface area (Å²) in [5.41, 5.74) is -1.26. The van der Waals surface area contributed by atoms with E-state index in [1.807, 2.05) is 13.8 Å². The van der Waals surface area contributed by atoms with E-state index in [4.69, 9.17) is 4.74 Å². The highest BCUT2D eigenvalue weighted by Gasteiger charge is 2.70. The summed E-state index contributed by atoms with van der Waals surface area (Å²) < 4.78 is 5.42. The lowest BCUT2D eigenvalue weighted by atomic mass is 9.85. The van der Waals surface area contributed by atoms with Crippen LogP contribution in [0.2, 0.25) is 0 Å². The maximum atomic E-state index is 14.2. The van der Waals surface area contributed by atoms with Crippen LogP contribution in [-0.4, -0.2) is 102 Å². The monoisotopic (exact) mass is 724 g/mol. The van der Waals surface area contributed by atoms with Crippen molar-refractivity contribution in [2.75, 3.05) is 27.2 Å². The topological polar surface area (TPSA) is 183 Å². The minimum Gasteiger partial charge on any atom is -0.444 e. The molecule has 0 radical (unpaired) electrons. The largest absolute Gasteiger partial charge is 0.444 e. The van der Waals surface area contributed by atoms with Gasteiger partial charge in [-0.05, 0) is 61.8 Å². The van der Waals surface area contributed by atoms with Gasteiger partial charge in [0.2, 0.25) is 29.4 Å². The lowest BCUT2D eigenvalue weighted by Gasteiger charge is -2.38. The summed E-state index contributed by atoms with van der Waals surface area (Å²) in [5.74, 6) is -4.42. The molecule has 0 spiro atoms. The van der Waals surface area contributed by atoms with E-state index in [0.717, 1.165) is 0 Å². The van der Waals surface area contributed by atoms with Gasteiger partial charge >= 0.3 is 6.09 Å². The zero-order valence-corrected chi connectivity index (χ0v) is 32.1. The van der Waals surface area contributed by atoms with Gasteiger partial charge in [0.25, 0.3) is 5.91 Å². The van der Waals surface area contributed by atoms with Crippen molar-refractivity contribution >= 4 is 41.4 Å². The Morgan fingerprint density at radius 3 is 2.13 bits per heavy atom. The van der Waals surface area contributed by atoms with E-state index < -0.39 is 77.2 Å². The molecule has 1 saturated heterocycles. The number of nitrogens with zero attached hydrogens (tertiary/aromatic N) is 2. The summed E-state index contributed by atoms with van der Waals surface area (Å²) in [4.78, 5) is 96.0. The van der Waals surface area contributed by atoms with Crippen LogP contribution in [0.3, 0.4) is 0 Å². The van der Waals surface area contributed by atoms with Gasteiger partial charge in [-0.25, -0.2) is 4.79 Å². The highest BCUT2D eigenvalue weighted by atomic mass is 16.6. The van der Waals surface area contributed by atoms with Gasteiger partial charge in [0, 0.05) is 20.6 Å². The molecule has 4 N–H and O–H groups in total. The zero-order chi connectivity index (χ0) is 39.3. The number of allylic oxidation sites excluding steroid dienone is 1. The smallest absolute Gasteiger partial charge is 0.408 e. The Morgan fingerprint density at radius 1 is 0.981 bits per heavy atom. The number of nitrogens with one attached hydrogen (secondary N) is 4. The Balaban J connectivity index is 1.76. The highest BCUT2D eigenvalue weighted by molar-refractivity contribution is 6.38. The van der Waals surface area contributed by atoms with Crippen molar-refractivity contribution in [2.24, 2.45) is 22.7 Å². The normalized spacial score (nSPS) is 20.6. The summed E-state index contributed by atoms with van der Waals surface area (Å²) in [5, 5.41) is 10.3. The van der Waals surface area contributed by atoms with Crippen molar-refractivity contribution in [3.8, 4) is 0 Å². The molecule has 3 rings (SSSR count). The van der Waals surface area contributed by atoms with Crippen LogP contribution in [0, 0.1) is 22.7 Å². The van der Waals surface area contributed by atoms with Crippen LogP contribution in [0.15, 0.2) is 43.0 Å². The molecular formula is C38H56N6O8. The van der Waals surface area contributed by atoms with Gasteiger partial charge in [0.1, 0.15) is 23.7 Å². The number of benzene rings is 1. The quantitative estimate of drug-likeness (QED) is 0.167. The second-order valence-electron chi connectivity index (χ2n) is 16.5. The maximum Gasteiger partial charge on any atom is 0.408 e. The van der Waals surface area contributed by atoms with Crippen molar-refractivity contribution in [3.05, 3.63) is 48.6 Å². The van der Waals surface area contributed by atoms with Crippen molar-refractivity contribution in [1.29, 1.82) is 0 Å². The number of fused-ring (bicyclic) bond motifs is 1. The van der Waals surface area contributed by atoms with Gasteiger partial charge in [0.15, 0.2) is 0 Å². The number of piperidine rings is 1. The first-order chi connectivity index (χ1) is 24.0. The molecule has 14 heteroatoms. The van der Waals surface area contributed by atoms with Crippen molar-refractivity contribution < 1.29 is 38.3 Å². The molecular weight excluding hydrogens is 668 g/mol. The molecule has 1 unspecified atom stereocenters. The number of carbonyl (C=O) groups excluding carboxylic acids is 7. The van der Waals surface area contributed by atoms with Crippen molar-refractivity contribution in [2.45, 2.75) is 98.0 Å². The molecule has 2 aliphatic rings. The number of carbonyl (C=O) groups is 7. The number of alkyl carbamates (subject to hydrolysis) is 1. The summed E-state index contributed by atoms with van der Waals surface area (Å²) in [6, 6.07) is 4.32. The maximum absolute atomic E-state index is 14.2. The van der Waals surface area contributed by atoms with Crippen LogP contribution in [0.25, 0.3) is 0 Å². The van der Waals surface area contributed by atoms with E-state index in [9.17, 15) is 33.6 Å². The highest BCUT2D eigenvalue weighted by Crippen LogP contribution is 2.65. The third-order valence-corrected chi connectivity index (χ3v) is 9.59. The second-order valence-corrected chi connectivity index (χ2v) is 16.5. The van der Waals surface area contributed by atoms with E-state index in [-0.39, 0.29) is 42.5 Å². The van der Waals surface area contributed by atoms with Gasteiger partial charge in [-0.1, -0.05) is 71.0 Å². The van der Waals surface area contributed by atoms with Crippen LogP contribution in [0.5, 0.6) is 0 Å². The van der Waals surface area contributed by atoms with Crippen LogP contribution in [-0.2, 0) is 33.5 Å². The van der Waals surface area contributed by atoms with Gasteiger partial charge in [0.05, 0.1) is 12.6 Å². The number of hydrogen-bond donors (Lipinski definition) is 4. The summed E-state index contributed by atoms with van der Waals surface area (Å²) >= 11 is 0. The van der Waals surface area contributed by atoms with E-state index in [1.54, 1.807) is 92.0 Å². The van der Waals surface area contributed by atoms with Crippen LogP contribution >= 0.6 is 0 Å². The molecule has 0 bridgehead atoms. The first kappa shape index (κ1) is 41.7. The third-order valence-electron chi connectivity index (χ3n) is 9.59. The van der Waals surface area contributed by atoms with Gasteiger partial charge < -0.3 is 35.8 Å². The Morgan fingerprint density at radius 2 is 1.60 bits per heavy atom. The van der Waals surface area contributed by atoms with Crippen LogP contribution in [0.4, 0.5) is 4.79 Å². The summed E-state index contributed by atoms with van der Waals surface area (Å²) in [7, 11) is 3.11. The molecule has 1 aromatic rings. The fraction of sp³-hybridized carbons (Fsp3) is 0.605. The second kappa shape index (κ2) is 16.3. The van der Waals surface area contributed by atoms with Crippen LogP contribution in [0.1, 0.15) is 79.8 Å². The molecule has 52 heavy (non-hydrogen) atoms. The molecule has 1 heterocycles. The Kier molecular flexibility index (Phi) is 13.1. The average Bonchev–Trinajstić information content (AvgIpc) is 3.35. The Hall–Kier alpha value is -4.75. The number of Topliss-reactive ketones (excluding diaryl/α,β-unsaturated/α-hetero) is 1. The fourth-order valence-electron chi connectivity index (χ4n) is 6.67. The lowest BCUT2D eigenvalue weighted by Crippen LogP contribution is -2.60. The predicted octanol–water partition coefficient (Wildman–Crippen LogP) is 2.49. The molecule has 6 amide bonds. The lowest BCUT2D eigenvalue weighted by molar-refractivity contribution is -0.145. The molecule has 1 aromatic carbocycles. The van der Waals surface area contributed by atoms with E-state index in [1.165, 1.54) is 9.80 Å². The van der Waals surface area contributed by atoms with Crippen molar-refractivity contribution in [3.63, 3.8) is 0 Å². The zero-order valence-electron chi connectivity index (χ0n) is 32.1. The molecule has 1 saturated carbocycles. The summed E-state index contributed by atoms with van der Waals surface area (Å²) in [6.45, 7) is 17.9. The number of ether oxygens (including phenoxy) is 1. The molecule has 0 aromatic heterocycles. The Labute approximate surface area is 306 Å². The minimum absolute atomic E-state index is 0.0116. The Bertz CT molecular complexity index is 1540. The number of likely N-dealkylation sites (N-methyl/N-ethyl adjacent to an activating group) is 1. The number of rotatable bonds is 14. The van der Waals surface area contributed by atoms with Gasteiger partial charge in [-0.3, -0.25) is 28.8 Å². The van der Waals surface area contributed by atoms with Crippen molar-refractivity contribution in [1.82, 2.24) is 31.1 Å². The van der Waals surface area contributed by atoms with E-state index >= 15 is 0 Å². The standard InChI is InChI=1S/C38H56N6O8/c1-12-13-19-24(29(46)32(48)39-20-25(45)41-27(33(49)43(10)11)22-17-15-14-16-18-22)40-31(47)28-26-23(38(26,8)9)21-44(28)34(50)30(36(2,3)4)42-35(51)52-37(5,6)7/h12,14-18,23-24,26-28,30H,1,13,19-21H2,2-11H3,(H,39,48)(H,40,47)(H,41,45)(H,42,51)/t23-,24?,26-,27-,28-,30-/m0/s1. The SMILES string of the molecule is C=CCCC(NC(=O)[C@@H]1[C@@H]2[C@H](CN1C(=O)[C@H](NC(=O)OC(C)(C)C)C(C)(C)C)C2(C)C)C(=O)C(=O)NCC(=O)N[C@H](C(=O)N(C)C)c1ccccc1. The minimum atomic E-state index is -1.28. The first-order valence-corrected chi connectivity index (χ1v) is 17.6. The molecule has 14 nitrogen and oxygen atoms in total. The summed E-state index contributed by atoms with van der Waals surface area (Å²) in [6.07, 6.45) is 1.11. The van der Waals surface area contributed by atoms with Crippen LogP contribution < -0.4 is 21.3 Å². The number of likely N-dealkylation sites (tertiary alicyclic amines) is 1. The first-order valence-electron chi connectivity index (χ1n) is 17.6. The van der Waals surface area contributed by atoms with Gasteiger partial charge in [-0.2, -0.15) is 0 Å². The molecule has 286 valence electrons. The molecule has 1 aliphatic heterocycles. The van der Waals surface area contributed by atoms with E-state index in [0.29, 0.717) is 5.56 Å². The van der Waals surface area contributed by atoms with E-state index in [2.05, 4.69) is 27.8 Å². The van der Waals surface area contributed by atoms with Gasteiger partial charge in [-0.15, -0.1) is 6.58 Å². The molecule has 1 aliphatic carbocycles. The fourth-order valence-corrected chi connectivity index (χ4v) is 6.67. The predicted molar refractivity (Wildman–Crippen MR) is 194 cm³/mol. The number of amides is 6. The molecule has 6 atom stereocenters.